The SMILES string of the molecule is Cc1ccccc1N=C1S/C(=C/c2cccc(OC(C)C)c2)C(=O)N1C. The number of thioether (sulfide) groups is 1. The molecule has 4 nitrogen and oxygen atoms in total. The van der Waals surface area contributed by atoms with Gasteiger partial charge in [-0.3, -0.25) is 9.69 Å². The molecule has 0 atom stereocenters. The lowest BCUT2D eigenvalue weighted by Gasteiger charge is -2.09. The Morgan fingerprint density at radius 2 is 1.92 bits per heavy atom. The third kappa shape index (κ3) is 4.17. The molecule has 0 bridgehead atoms. The van der Waals surface area contributed by atoms with Crippen molar-refractivity contribution in [2.45, 2.75) is 26.9 Å². The zero-order valence-corrected chi connectivity index (χ0v) is 16.2. The van der Waals surface area contributed by atoms with Gasteiger partial charge in [0.2, 0.25) is 0 Å². The minimum Gasteiger partial charge on any atom is -0.491 e. The summed E-state index contributed by atoms with van der Waals surface area (Å²) in [6, 6.07) is 15.6. The number of nitrogens with zero attached hydrogens (tertiary/aromatic N) is 2. The molecule has 1 saturated heterocycles. The maximum Gasteiger partial charge on any atom is 0.266 e. The molecule has 1 amide bonds. The van der Waals surface area contributed by atoms with Gasteiger partial charge in [-0.15, -0.1) is 0 Å². The molecule has 134 valence electrons. The van der Waals surface area contributed by atoms with Gasteiger partial charge in [0.1, 0.15) is 5.75 Å². The Morgan fingerprint density at radius 1 is 1.15 bits per heavy atom. The van der Waals surface area contributed by atoms with Crippen molar-refractivity contribution in [2.24, 2.45) is 4.99 Å². The number of aryl methyl sites for hydroxylation is 1. The molecule has 1 heterocycles. The molecule has 2 aromatic rings. The topological polar surface area (TPSA) is 41.9 Å². The van der Waals surface area contributed by atoms with Crippen molar-refractivity contribution in [1.29, 1.82) is 0 Å². The van der Waals surface area contributed by atoms with E-state index in [1.165, 1.54) is 11.8 Å². The van der Waals surface area contributed by atoms with Crippen LogP contribution in [0.1, 0.15) is 25.0 Å². The number of carbonyl (C=O) groups is 1. The zero-order valence-electron chi connectivity index (χ0n) is 15.4. The third-order valence-electron chi connectivity index (χ3n) is 3.86. The summed E-state index contributed by atoms with van der Waals surface area (Å²) in [5.74, 6) is 0.754. The van der Waals surface area contributed by atoms with Crippen molar-refractivity contribution >= 4 is 34.6 Å². The fraction of sp³-hybridized carbons (Fsp3) is 0.238. The maximum absolute atomic E-state index is 12.6. The van der Waals surface area contributed by atoms with Crippen molar-refractivity contribution in [3.8, 4) is 5.75 Å². The van der Waals surface area contributed by atoms with Gasteiger partial charge in [0.05, 0.1) is 16.7 Å². The Balaban J connectivity index is 1.87. The molecule has 1 aliphatic rings. The van der Waals surface area contributed by atoms with Crippen LogP contribution >= 0.6 is 11.8 Å². The van der Waals surface area contributed by atoms with Crippen molar-refractivity contribution in [3.05, 3.63) is 64.6 Å². The normalized spacial score (nSPS) is 17.6. The first-order valence-electron chi connectivity index (χ1n) is 8.52. The van der Waals surface area contributed by atoms with Gasteiger partial charge in [-0.2, -0.15) is 0 Å². The molecule has 0 aromatic heterocycles. The van der Waals surface area contributed by atoms with E-state index >= 15 is 0 Å². The van der Waals surface area contributed by atoms with Crippen molar-refractivity contribution in [1.82, 2.24) is 4.90 Å². The van der Waals surface area contributed by atoms with E-state index in [0.29, 0.717) is 10.1 Å². The lowest BCUT2D eigenvalue weighted by atomic mass is 10.2. The van der Waals surface area contributed by atoms with E-state index in [1.54, 1.807) is 11.9 Å². The first kappa shape index (κ1) is 18.3. The van der Waals surface area contributed by atoms with Crippen LogP contribution in [-0.4, -0.2) is 29.1 Å². The van der Waals surface area contributed by atoms with Gasteiger partial charge >= 0.3 is 0 Å². The average molecular weight is 366 g/mol. The first-order valence-corrected chi connectivity index (χ1v) is 9.34. The van der Waals surface area contributed by atoms with Gasteiger partial charge in [0.15, 0.2) is 5.17 Å². The molecular weight excluding hydrogens is 344 g/mol. The summed E-state index contributed by atoms with van der Waals surface area (Å²) in [5, 5.41) is 0.685. The summed E-state index contributed by atoms with van der Waals surface area (Å²) in [5.41, 5.74) is 2.89. The molecule has 5 heteroatoms. The standard InChI is InChI=1S/C21H22N2O2S/c1-14(2)25-17-10-7-9-16(12-17)13-19-20(24)23(4)21(26-19)22-18-11-6-5-8-15(18)3/h5-14H,1-4H3/b19-13+,22-21?. The number of carbonyl (C=O) groups excluding carboxylic acids is 1. The van der Waals surface area contributed by atoms with E-state index in [1.807, 2.05) is 75.4 Å². The molecule has 0 N–H and O–H groups in total. The van der Waals surface area contributed by atoms with E-state index in [0.717, 1.165) is 22.6 Å². The number of hydrogen-bond acceptors (Lipinski definition) is 4. The van der Waals surface area contributed by atoms with E-state index in [-0.39, 0.29) is 12.0 Å². The Hall–Kier alpha value is -2.53. The zero-order chi connectivity index (χ0) is 18.7. The molecular formula is C21H22N2O2S. The molecule has 1 fully saturated rings. The van der Waals surface area contributed by atoms with Gasteiger partial charge in [-0.1, -0.05) is 30.3 Å². The van der Waals surface area contributed by atoms with Crippen LogP contribution in [-0.2, 0) is 4.79 Å². The second-order valence-corrected chi connectivity index (χ2v) is 7.40. The number of benzene rings is 2. The molecule has 2 aromatic carbocycles. The number of amides is 1. The molecule has 0 unspecified atom stereocenters. The number of ether oxygens (including phenoxy) is 1. The van der Waals surface area contributed by atoms with Crippen LogP contribution in [0.25, 0.3) is 6.08 Å². The average Bonchev–Trinajstić information content (AvgIpc) is 2.85. The van der Waals surface area contributed by atoms with Crippen LogP contribution < -0.4 is 4.74 Å². The second kappa shape index (κ2) is 7.79. The van der Waals surface area contributed by atoms with E-state index < -0.39 is 0 Å². The summed E-state index contributed by atoms with van der Waals surface area (Å²) in [7, 11) is 1.76. The highest BCUT2D eigenvalue weighted by molar-refractivity contribution is 8.18. The van der Waals surface area contributed by atoms with Gasteiger partial charge in [0.25, 0.3) is 5.91 Å². The quantitative estimate of drug-likeness (QED) is 0.714. The number of amidine groups is 1. The van der Waals surface area contributed by atoms with Gasteiger partial charge < -0.3 is 4.74 Å². The number of rotatable bonds is 4. The lowest BCUT2D eigenvalue weighted by molar-refractivity contribution is -0.121. The highest BCUT2D eigenvalue weighted by Crippen LogP contribution is 2.34. The van der Waals surface area contributed by atoms with Crippen LogP contribution in [0.15, 0.2) is 58.4 Å². The van der Waals surface area contributed by atoms with Crippen molar-refractivity contribution in [3.63, 3.8) is 0 Å². The number of para-hydroxylation sites is 1. The number of hydrogen-bond donors (Lipinski definition) is 0. The molecule has 26 heavy (non-hydrogen) atoms. The second-order valence-electron chi connectivity index (χ2n) is 6.39. The minimum atomic E-state index is -0.0440. The third-order valence-corrected chi connectivity index (χ3v) is 4.92. The summed E-state index contributed by atoms with van der Waals surface area (Å²) < 4.78 is 5.73. The fourth-order valence-corrected chi connectivity index (χ4v) is 3.52. The summed E-state index contributed by atoms with van der Waals surface area (Å²) in [6.45, 7) is 5.99. The predicted octanol–water partition coefficient (Wildman–Crippen LogP) is 5.02. The van der Waals surface area contributed by atoms with Crippen LogP contribution in [0, 0.1) is 6.92 Å². The van der Waals surface area contributed by atoms with E-state index in [9.17, 15) is 4.79 Å². The largest absolute Gasteiger partial charge is 0.491 e. The van der Waals surface area contributed by atoms with Gasteiger partial charge in [0, 0.05) is 7.05 Å². The van der Waals surface area contributed by atoms with Gasteiger partial charge in [-0.25, -0.2) is 4.99 Å². The van der Waals surface area contributed by atoms with E-state index in [4.69, 9.17) is 4.74 Å². The molecule has 0 spiro atoms. The van der Waals surface area contributed by atoms with Gasteiger partial charge in [-0.05, 0) is 67.9 Å². The summed E-state index contributed by atoms with van der Waals surface area (Å²) in [4.78, 5) is 19.5. The van der Waals surface area contributed by atoms with Crippen molar-refractivity contribution < 1.29 is 9.53 Å². The van der Waals surface area contributed by atoms with E-state index in [2.05, 4.69) is 4.99 Å². The molecule has 3 rings (SSSR count). The molecule has 1 aliphatic heterocycles. The predicted molar refractivity (Wildman–Crippen MR) is 109 cm³/mol. The Bertz CT molecular complexity index is 887. The van der Waals surface area contributed by atoms with Crippen LogP contribution in [0.3, 0.4) is 0 Å². The Kier molecular flexibility index (Phi) is 5.47. The Labute approximate surface area is 158 Å². The summed E-state index contributed by atoms with van der Waals surface area (Å²) in [6.07, 6.45) is 2.00. The minimum absolute atomic E-state index is 0.0440. The van der Waals surface area contributed by atoms with Crippen LogP contribution in [0.2, 0.25) is 0 Å². The van der Waals surface area contributed by atoms with Crippen LogP contribution in [0.4, 0.5) is 5.69 Å². The molecule has 0 saturated carbocycles. The smallest absolute Gasteiger partial charge is 0.266 e. The Morgan fingerprint density at radius 3 is 2.65 bits per heavy atom. The summed E-state index contributed by atoms with van der Waals surface area (Å²) >= 11 is 1.39. The molecule has 0 radical (unpaired) electrons. The monoisotopic (exact) mass is 366 g/mol. The lowest BCUT2D eigenvalue weighted by Crippen LogP contribution is -2.23. The highest BCUT2D eigenvalue weighted by Gasteiger charge is 2.30. The van der Waals surface area contributed by atoms with Crippen LogP contribution in [0.5, 0.6) is 5.75 Å². The fourth-order valence-electron chi connectivity index (χ4n) is 2.54. The van der Waals surface area contributed by atoms with Crippen molar-refractivity contribution in [2.75, 3.05) is 7.05 Å². The first-order chi connectivity index (χ1) is 12.4. The molecule has 0 aliphatic carbocycles. The number of aliphatic imine (C=N–C) groups is 1. The number of likely N-dealkylation sites (N-methyl/N-ethyl adjacent to an activating group) is 1. The highest BCUT2D eigenvalue weighted by atomic mass is 32.2. The maximum atomic E-state index is 12.6.